The van der Waals surface area contributed by atoms with Crippen LogP contribution in [0.25, 0.3) is 0 Å². The quantitative estimate of drug-likeness (QED) is 0.843. The predicted molar refractivity (Wildman–Crippen MR) is 84.5 cm³/mol. The second-order valence-electron chi connectivity index (χ2n) is 5.56. The lowest BCUT2D eigenvalue weighted by Crippen LogP contribution is -2.23. The summed E-state index contributed by atoms with van der Waals surface area (Å²) in [5, 5.41) is 3.55. The van der Waals surface area contributed by atoms with E-state index in [0.717, 1.165) is 18.7 Å². The van der Waals surface area contributed by atoms with Gasteiger partial charge in [0.15, 0.2) is 0 Å². The van der Waals surface area contributed by atoms with Crippen LogP contribution in [0.2, 0.25) is 0 Å². The van der Waals surface area contributed by atoms with E-state index in [-0.39, 0.29) is 0 Å². The van der Waals surface area contributed by atoms with Crippen molar-refractivity contribution >= 4 is 0 Å². The topological polar surface area (TPSA) is 34.2 Å². The van der Waals surface area contributed by atoms with Gasteiger partial charge in [-0.1, -0.05) is 25.1 Å². The molecule has 1 aromatic carbocycles. The second kappa shape index (κ2) is 6.72. The predicted octanol–water partition coefficient (Wildman–Crippen LogP) is 3.52. The van der Waals surface area contributed by atoms with Gasteiger partial charge >= 0.3 is 0 Å². The van der Waals surface area contributed by atoms with Crippen LogP contribution in [-0.4, -0.2) is 17.6 Å². The van der Waals surface area contributed by atoms with Gasteiger partial charge in [-0.15, -0.1) is 0 Å². The Labute approximate surface area is 126 Å². The van der Waals surface area contributed by atoms with Crippen molar-refractivity contribution in [3.8, 4) is 5.75 Å². The molecule has 1 atom stereocenters. The van der Waals surface area contributed by atoms with E-state index in [0.29, 0.717) is 12.1 Å². The van der Waals surface area contributed by atoms with Gasteiger partial charge in [-0.05, 0) is 55.1 Å². The van der Waals surface area contributed by atoms with E-state index < -0.39 is 0 Å². The lowest BCUT2D eigenvalue weighted by Gasteiger charge is -2.19. The Balaban J connectivity index is 1.70. The van der Waals surface area contributed by atoms with Crippen LogP contribution in [0.15, 0.2) is 48.8 Å². The molecule has 1 saturated carbocycles. The fourth-order valence-corrected chi connectivity index (χ4v) is 2.47. The Bertz CT molecular complexity index is 549. The third-order valence-electron chi connectivity index (χ3n) is 3.72. The summed E-state index contributed by atoms with van der Waals surface area (Å²) in [5.41, 5.74) is 2.55. The van der Waals surface area contributed by atoms with E-state index in [2.05, 4.69) is 47.6 Å². The van der Waals surface area contributed by atoms with E-state index in [9.17, 15) is 0 Å². The Hall–Kier alpha value is -1.87. The van der Waals surface area contributed by atoms with Crippen LogP contribution in [-0.2, 0) is 6.42 Å². The van der Waals surface area contributed by atoms with Crippen LogP contribution in [0.4, 0.5) is 0 Å². The van der Waals surface area contributed by atoms with Gasteiger partial charge in [-0.25, -0.2) is 0 Å². The van der Waals surface area contributed by atoms with Crippen LogP contribution in [0.3, 0.4) is 0 Å². The Morgan fingerprint density at radius 1 is 1.24 bits per heavy atom. The normalized spacial score (nSPS) is 15.7. The second-order valence-corrected chi connectivity index (χ2v) is 5.56. The highest BCUT2D eigenvalue weighted by atomic mass is 16.5. The van der Waals surface area contributed by atoms with E-state index in [1.807, 2.05) is 18.5 Å². The number of hydrogen-bond donors (Lipinski definition) is 1. The Kier molecular flexibility index (Phi) is 4.51. The molecule has 1 aromatic heterocycles. The molecule has 1 unspecified atom stereocenters. The molecule has 3 heteroatoms. The minimum absolute atomic E-state index is 0.314. The summed E-state index contributed by atoms with van der Waals surface area (Å²) in [6.45, 7) is 3.09. The van der Waals surface area contributed by atoms with Gasteiger partial charge in [0.1, 0.15) is 5.75 Å². The molecule has 1 aliphatic rings. The van der Waals surface area contributed by atoms with Gasteiger partial charge in [-0.2, -0.15) is 0 Å². The molecule has 0 spiro atoms. The highest BCUT2D eigenvalue weighted by Gasteiger charge is 2.23. The zero-order valence-corrected chi connectivity index (χ0v) is 12.5. The molecule has 110 valence electrons. The molecule has 0 aliphatic heterocycles. The summed E-state index contributed by atoms with van der Waals surface area (Å²) < 4.78 is 5.81. The molecule has 0 bridgehead atoms. The molecular formula is C18H22N2O. The average molecular weight is 282 g/mol. The van der Waals surface area contributed by atoms with Crippen molar-refractivity contribution in [2.45, 2.75) is 38.3 Å². The number of rotatable bonds is 7. The van der Waals surface area contributed by atoms with Crippen molar-refractivity contribution in [3.63, 3.8) is 0 Å². The number of aromatic nitrogens is 1. The first-order chi connectivity index (χ1) is 10.3. The number of ether oxygens (including phenoxy) is 1. The van der Waals surface area contributed by atoms with Crippen molar-refractivity contribution in [1.29, 1.82) is 0 Å². The van der Waals surface area contributed by atoms with Crippen molar-refractivity contribution in [2.24, 2.45) is 0 Å². The first kappa shape index (κ1) is 14.1. The maximum atomic E-state index is 5.81. The smallest absolute Gasteiger partial charge is 0.119 e. The molecule has 0 saturated heterocycles. The van der Waals surface area contributed by atoms with Gasteiger partial charge in [0, 0.05) is 18.4 Å². The van der Waals surface area contributed by atoms with Gasteiger partial charge in [0.05, 0.1) is 6.10 Å². The van der Waals surface area contributed by atoms with Crippen LogP contribution in [0.1, 0.15) is 36.9 Å². The lowest BCUT2D eigenvalue weighted by molar-refractivity contribution is 0.303. The van der Waals surface area contributed by atoms with Gasteiger partial charge in [-0.3, -0.25) is 4.98 Å². The van der Waals surface area contributed by atoms with Crippen molar-refractivity contribution in [3.05, 3.63) is 59.9 Å². The highest BCUT2D eigenvalue weighted by molar-refractivity contribution is 5.30. The molecule has 1 N–H and O–H groups in total. The number of nitrogens with one attached hydrogen (secondary N) is 1. The minimum atomic E-state index is 0.314. The van der Waals surface area contributed by atoms with E-state index in [1.165, 1.54) is 24.0 Å². The van der Waals surface area contributed by atoms with Crippen LogP contribution < -0.4 is 10.1 Å². The van der Waals surface area contributed by atoms with E-state index in [1.54, 1.807) is 0 Å². The molecule has 1 fully saturated rings. The maximum Gasteiger partial charge on any atom is 0.119 e. The van der Waals surface area contributed by atoms with Gasteiger partial charge < -0.3 is 10.1 Å². The zero-order valence-electron chi connectivity index (χ0n) is 12.5. The van der Waals surface area contributed by atoms with Gasteiger partial charge in [0.25, 0.3) is 0 Å². The molecule has 0 radical (unpaired) electrons. The lowest BCUT2D eigenvalue weighted by atomic mass is 9.99. The van der Waals surface area contributed by atoms with Crippen LogP contribution in [0, 0.1) is 0 Å². The van der Waals surface area contributed by atoms with Crippen molar-refractivity contribution < 1.29 is 4.74 Å². The van der Waals surface area contributed by atoms with Gasteiger partial charge in [0.2, 0.25) is 0 Å². The summed E-state index contributed by atoms with van der Waals surface area (Å²) in [4.78, 5) is 4.20. The fourth-order valence-electron chi connectivity index (χ4n) is 2.47. The number of benzene rings is 1. The molecule has 3 nitrogen and oxygen atoms in total. The molecule has 0 amide bonds. The first-order valence-electron chi connectivity index (χ1n) is 7.74. The largest absolute Gasteiger partial charge is 0.490 e. The Morgan fingerprint density at radius 3 is 2.67 bits per heavy atom. The van der Waals surface area contributed by atoms with Crippen LogP contribution >= 0.6 is 0 Å². The molecule has 1 heterocycles. The van der Waals surface area contributed by atoms with Crippen LogP contribution in [0.5, 0.6) is 5.75 Å². The monoisotopic (exact) mass is 282 g/mol. The molecule has 2 aromatic rings. The first-order valence-corrected chi connectivity index (χ1v) is 7.74. The third kappa shape index (κ3) is 4.05. The fraction of sp³-hybridized carbons (Fsp3) is 0.389. The summed E-state index contributed by atoms with van der Waals surface area (Å²) in [6.07, 6.45) is 7.55. The minimum Gasteiger partial charge on any atom is -0.490 e. The molecular weight excluding hydrogens is 260 g/mol. The summed E-state index contributed by atoms with van der Waals surface area (Å²) in [6, 6.07) is 12.9. The summed E-state index contributed by atoms with van der Waals surface area (Å²) >= 11 is 0. The molecule has 21 heavy (non-hydrogen) atoms. The highest BCUT2D eigenvalue weighted by Crippen LogP contribution is 2.28. The number of likely N-dealkylation sites (N-methyl/N-ethyl adjacent to an activating group) is 1. The standard InChI is InChI=1S/C18H22N2O/c1-2-20-18(12-14-4-3-11-19-13-14)15-5-7-16(8-6-15)21-17-9-10-17/h3-8,11,13,17-18,20H,2,9-10,12H2,1H3. The molecule has 3 rings (SSSR count). The van der Waals surface area contributed by atoms with E-state index in [4.69, 9.17) is 4.74 Å². The SMILES string of the molecule is CCNC(Cc1cccnc1)c1ccc(OC2CC2)cc1. The third-order valence-corrected chi connectivity index (χ3v) is 3.72. The Morgan fingerprint density at radius 2 is 2.05 bits per heavy atom. The van der Waals surface area contributed by atoms with Crippen molar-refractivity contribution in [2.75, 3.05) is 6.54 Å². The molecule has 1 aliphatic carbocycles. The van der Waals surface area contributed by atoms with Crippen molar-refractivity contribution in [1.82, 2.24) is 10.3 Å². The summed E-state index contributed by atoms with van der Waals surface area (Å²) in [5.74, 6) is 0.984. The summed E-state index contributed by atoms with van der Waals surface area (Å²) in [7, 11) is 0. The zero-order chi connectivity index (χ0) is 14.5. The number of hydrogen-bond acceptors (Lipinski definition) is 3. The van der Waals surface area contributed by atoms with E-state index >= 15 is 0 Å². The number of pyridine rings is 1. The maximum absolute atomic E-state index is 5.81. The average Bonchev–Trinajstić information content (AvgIpc) is 3.33. The number of nitrogens with zero attached hydrogens (tertiary/aromatic N) is 1.